The van der Waals surface area contributed by atoms with Gasteiger partial charge in [-0.1, -0.05) is 15.9 Å². The van der Waals surface area contributed by atoms with Gasteiger partial charge in [-0.15, -0.1) is 0 Å². The fourth-order valence-electron chi connectivity index (χ4n) is 1.11. The summed E-state index contributed by atoms with van der Waals surface area (Å²) in [4.78, 5) is 33.3. The minimum atomic E-state index is -0.668. The Morgan fingerprint density at radius 3 is 2.62 bits per heavy atom. The molecule has 0 bridgehead atoms. The van der Waals surface area contributed by atoms with E-state index in [1.807, 2.05) is 0 Å². The zero-order valence-corrected chi connectivity index (χ0v) is 10.4. The first-order valence-corrected chi connectivity index (χ1v) is 5.37. The molecule has 6 nitrogen and oxygen atoms in total. The third-order valence-corrected chi connectivity index (χ3v) is 2.71. The number of hydrogen-bond donors (Lipinski definition) is 0. The Morgan fingerprint density at radius 2 is 2.06 bits per heavy atom. The van der Waals surface area contributed by atoms with E-state index in [-0.39, 0.29) is 6.54 Å². The van der Waals surface area contributed by atoms with Crippen LogP contribution in [0.4, 0.5) is 0 Å². The maximum atomic E-state index is 11.5. The maximum absolute atomic E-state index is 11.5. The fourth-order valence-corrected chi connectivity index (χ4v) is 1.61. The first-order chi connectivity index (χ1) is 7.47. The Hall–Kier alpha value is -1.37. The third-order valence-electron chi connectivity index (χ3n) is 2.05. The van der Waals surface area contributed by atoms with Gasteiger partial charge < -0.3 is 13.9 Å². The number of rotatable bonds is 3. The SMILES string of the molecule is COC(=O)C(Br)Cn1ccn(C)c(=O)c1=O. The number of carbonyl (C=O) groups is 1. The van der Waals surface area contributed by atoms with Gasteiger partial charge >= 0.3 is 17.1 Å². The van der Waals surface area contributed by atoms with Crippen LogP contribution in [0.3, 0.4) is 0 Å². The zero-order chi connectivity index (χ0) is 12.3. The summed E-state index contributed by atoms with van der Waals surface area (Å²) in [5, 5.41) is 0. The first-order valence-electron chi connectivity index (χ1n) is 4.45. The monoisotopic (exact) mass is 290 g/mol. The Bertz CT molecular complexity index is 505. The minimum absolute atomic E-state index is 0.0571. The molecule has 0 fully saturated rings. The van der Waals surface area contributed by atoms with Crippen molar-refractivity contribution in [2.24, 2.45) is 7.05 Å². The van der Waals surface area contributed by atoms with Crippen LogP contribution in [0.15, 0.2) is 22.0 Å². The van der Waals surface area contributed by atoms with Crippen molar-refractivity contribution in [3.05, 3.63) is 33.1 Å². The molecule has 1 unspecified atom stereocenters. The van der Waals surface area contributed by atoms with E-state index in [9.17, 15) is 14.4 Å². The molecule has 0 radical (unpaired) electrons. The normalized spacial score (nSPS) is 12.2. The molecule has 16 heavy (non-hydrogen) atoms. The number of nitrogens with zero attached hydrogens (tertiary/aromatic N) is 2. The van der Waals surface area contributed by atoms with Crippen molar-refractivity contribution in [1.82, 2.24) is 9.13 Å². The number of methoxy groups -OCH3 is 1. The molecule has 0 aromatic carbocycles. The van der Waals surface area contributed by atoms with Gasteiger partial charge in [-0.25, -0.2) is 0 Å². The lowest BCUT2D eigenvalue weighted by atomic mass is 10.4. The number of carbonyl (C=O) groups excluding carboxylic acids is 1. The number of alkyl halides is 1. The van der Waals surface area contributed by atoms with E-state index in [2.05, 4.69) is 20.7 Å². The van der Waals surface area contributed by atoms with Crippen LogP contribution in [0, 0.1) is 0 Å². The van der Waals surface area contributed by atoms with Crippen molar-refractivity contribution < 1.29 is 9.53 Å². The second-order valence-corrected chi connectivity index (χ2v) is 4.27. The molecular formula is C9H11BrN2O4. The summed E-state index contributed by atoms with van der Waals surface area (Å²) in [6.45, 7) is 0.0571. The van der Waals surface area contributed by atoms with Gasteiger partial charge in [0.1, 0.15) is 4.83 Å². The van der Waals surface area contributed by atoms with Gasteiger partial charge in [0.2, 0.25) is 0 Å². The van der Waals surface area contributed by atoms with Crippen LogP contribution in [0.1, 0.15) is 0 Å². The van der Waals surface area contributed by atoms with Crippen molar-refractivity contribution >= 4 is 21.9 Å². The van der Waals surface area contributed by atoms with E-state index >= 15 is 0 Å². The van der Waals surface area contributed by atoms with E-state index in [0.29, 0.717) is 0 Å². The summed E-state index contributed by atoms with van der Waals surface area (Å²) in [6, 6.07) is 0. The molecule has 1 aromatic rings. The Morgan fingerprint density at radius 1 is 1.44 bits per heavy atom. The molecule has 7 heteroatoms. The first kappa shape index (κ1) is 12.7. The second-order valence-electron chi connectivity index (χ2n) is 3.16. The van der Waals surface area contributed by atoms with Crippen molar-refractivity contribution in [1.29, 1.82) is 0 Å². The van der Waals surface area contributed by atoms with Crippen molar-refractivity contribution in [3.63, 3.8) is 0 Å². The number of hydrogen-bond acceptors (Lipinski definition) is 4. The highest BCUT2D eigenvalue weighted by Gasteiger charge is 2.16. The molecule has 0 N–H and O–H groups in total. The Labute approximate surface area is 99.6 Å². The van der Waals surface area contributed by atoms with Crippen LogP contribution in [0.5, 0.6) is 0 Å². The van der Waals surface area contributed by atoms with Crippen LogP contribution in [-0.2, 0) is 23.1 Å². The summed E-state index contributed by atoms with van der Waals surface area (Å²) in [6.07, 6.45) is 2.90. The number of esters is 1. The molecule has 1 rings (SSSR count). The second kappa shape index (κ2) is 5.11. The average molecular weight is 291 g/mol. The quantitative estimate of drug-likeness (QED) is 0.427. The van der Waals surface area contributed by atoms with E-state index in [0.717, 1.165) is 0 Å². The molecule has 0 aliphatic heterocycles. The molecule has 0 aliphatic rings. The highest BCUT2D eigenvalue weighted by molar-refractivity contribution is 9.10. The van der Waals surface area contributed by atoms with Gasteiger partial charge in [0.25, 0.3) is 0 Å². The molecule has 0 spiro atoms. The third kappa shape index (κ3) is 2.60. The van der Waals surface area contributed by atoms with E-state index in [1.54, 1.807) is 0 Å². The highest BCUT2D eigenvalue weighted by Crippen LogP contribution is 2.03. The number of aromatic nitrogens is 2. The van der Waals surface area contributed by atoms with Gasteiger partial charge in [0, 0.05) is 26.0 Å². The molecule has 0 amide bonds. The van der Waals surface area contributed by atoms with Crippen molar-refractivity contribution in [2.45, 2.75) is 11.4 Å². The van der Waals surface area contributed by atoms with E-state index in [1.165, 1.54) is 35.7 Å². The summed E-state index contributed by atoms with van der Waals surface area (Å²) >= 11 is 3.07. The lowest BCUT2D eigenvalue weighted by Gasteiger charge is -2.09. The molecular weight excluding hydrogens is 280 g/mol. The topological polar surface area (TPSA) is 70.3 Å². The van der Waals surface area contributed by atoms with Gasteiger partial charge in [0.05, 0.1) is 7.11 Å². The molecule has 1 heterocycles. The van der Waals surface area contributed by atoms with Gasteiger partial charge in [-0.05, 0) is 0 Å². The maximum Gasteiger partial charge on any atom is 0.321 e. The number of ether oxygens (including phenoxy) is 1. The smallest absolute Gasteiger partial charge is 0.321 e. The van der Waals surface area contributed by atoms with E-state index < -0.39 is 21.9 Å². The summed E-state index contributed by atoms with van der Waals surface area (Å²) in [7, 11) is 2.74. The fraction of sp³-hybridized carbons (Fsp3) is 0.444. The van der Waals surface area contributed by atoms with Crippen molar-refractivity contribution in [2.75, 3.05) is 7.11 Å². The minimum Gasteiger partial charge on any atom is -0.468 e. The Kier molecular flexibility index (Phi) is 4.05. The lowest BCUT2D eigenvalue weighted by Crippen LogP contribution is -2.41. The van der Waals surface area contributed by atoms with E-state index in [4.69, 9.17) is 0 Å². The van der Waals surface area contributed by atoms with Crippen LogP contribution >= 0.6 is 15.9 Å². The van der Waals surface area contributed by atoms with Crippen molar-refractivity contribution in [3.8, 4) is 0 Å². The largest absolute Gasteiger partial charge is 0.468 e. The predicted molar refractivity (Wildman–Crippen MR) is 60.7 cm³/mol. The molecule has 0 saturated carbocycles. The average Bonchev–Trinajstić information content (AvgIpc) is 2.28. The molecule has 0 aliphatic carbocycles. The Balaban J connectivity index is 3.00. The van der Waals surface area contributed by atoms with Crippen LogP contribution in [0.2, 0.25) is 0 Å². The summed E-state index contributed by atoms with van der Waals surface area (Å²) in [5.41, 5.74) is -1.30. The molecule has 1 atom stereocenters. The molecule has 1 aromatic heterocycles. The molecule has 88 valence electrons. The van der Waals surface area contributed by atoms with Gasteiger partial charge in [-0.3, -0.25) is 14.4 Å². The standard InChI is InChI=1S/C9H11BrN2O4/c1-11-3-4-12(8(14)7(11)13)5-6(10)9(15)16-2/h3-4,6H,5H2,1-2H3. The highest BCUT2D eigenvalue weighted by atomic mass is 79.9. The summed E-state index contributed by atoms with van der Waals surface area (Å²) < 4.78 is 6.84. The zero-order valence-electron chi connectivity index (χ0n) is 8.84. The lowest BCUT2D eigenvalue weighted by molar-refractivity contribution is -0.140. The van der Waals surface area contributed by atoms with Gasteiger partial charge in [-0.2, -0.15) is 0 Å². The van der Waals surface area contributed by atoms with Crippen LogP contribution < -0.4 is 11.1 Å². The predicted octanol–water partition coefficient (Wildman–Crippen LogP) is -0.517. The van der Waals surface area contributed by atoms with Crippen LogP contribution in [-0.4, -0.2) is 27.0 Å². The number of aryl methyl sites for hydroxylation is 1. The van der Waals surface area contributed by atoms with Gasteiger partial charge in [0.15, 0.2) is 0 Å². The molecule has 0 saturated heterocycles. The summed E-state index contributed by atoms with van der Waals surface area (Å²) in [5.74, 6) is -0.493. The number of halogens is 1. The van der Waals surface area contributed by atoms with Crippen LogP contribution in [0.25, 0.3) is 0 Å².